The molecule has 0 aliphatic heterocycles. The van der Waals surface area contributed by atoms with Gasteiger partial charge in [0.2, 0.25) is 0 Å². The minimum atomic E-state index is -3.72. The Morgan fingerprint density at radius 2 is 0.909 bits per heavy atom. The molecule has 64 valence electrons. The highest BCUT2D eigenvalue weighted by molar-refractivity contribution is 8.31. The Morgan fingerprint density at radius 3 is 0.909 bits per heavy atom. The van der Waals surface area contributed by atoms with Crippen LogP contribution in [0.1, 0.15) is 0 Å². The van der Waals surface area contributed by atoms with Gasteiger partial charge in [-0.15, -0.1) is 0 Å². The van der Waals surface area contributed by atoms with Crippen LogP contribution in [0.15, 0.2) is 0 Å². The molecule has 0 aromatic heterocycles. The fraction of sp³-hybridized carbons (Fsp3) is 0. The lowest BCUT2D eigenvalue weighted by atomic mass is 13.0. The lowest BCUT2D eigenvalue weighted by molar-refractivity contribution is 0.621. The third-order valence-corrected chi connectivity index (χ3v) is 0. The summed E-state index contributed by atoms with van der Waals surface area (Å²) < 4.78 is 18.3. The Morgan fingerprint density at radius 1 is 0.909 bits per heavy atom. The Labute approximate surface area is 70.5 Å². The van der Waals surface area contributed by atoms with Gasteiger partial charge in [0.15, 0.2) is 0 Å². The van der Waals surface area contributed by atoms with Crippen molar-refractivity contribution in [2.24, 2.45) is 0 Å². The van der Waals surface area contributed by atoms with Crippen LogP contribution in [0.25, 0.3) is 31.9 Å². The van der Waals surface area contributed by atoms with E-state index in [0.717, 1.165) is 0 Å². The van der Waals surface area contributed by atoms with Gasteiger partial charge in [0.25, 0.3) is 0 Å². The molecule has 0 amide bonds. The van der Waals surface area contributed by atoms with E-state index >= 15 is 0 Å². The van der Waals surface area contributed by atoms with Crippen molar-refractivity contribution < 1.29 is 8.42 Å². The summed E-state index contributed by atoms with van der Waals surface area (Å²) in [5, 5.41) is 0. The van der Waals surface area contributed by atoms with Gasteiger partial charge >= 0.3 is 8.26 Å². The first-order valence-electron chi connectivity index (χ1n) is 1.44. The molecule has 0 aliphatic carbocycles. The van der Waals surface area contributed by atoms with E-state index in [2.05, 4.69) is 21.4 Å². The zero-order chi connectivity index (χ0) is 9.91. The van der Waals surface area contributed by atoms with Gasteiger partial charge in [-0.1, -0.05) is 0 Å². The van der Waals surface area contributed by atoms with E-state index in [0.29, 0.717) is 0 Å². The van der Waals surface area contributed by atoms with Crippen molar-refractivity contribution in [3.63, 3.8) is 0 Å². The number of hydrogen-bond donors (Lipinski definition) is 0. The van der Waals surface area contributed by atoms with Gasteiger partial charge < -0.3 is 22.1 Å². The minimum Gasteiger partial charge on any atom is -0.373 e. The average molecular weight is 219 g/mol. The van der Waals surface area contributed by atoms with Crippen LogP contribution >= 0.6 is 21.4 Å². The van der Waals surface area contributed by atoms with Crippen molar-refractivity contribution >= 4 is 29.6 Å². The Balaban J connectivity index is -0.0000000933. The van der Waals surface area contributed by atoms with E-state index in [1.165, 1.54) is 9.82 Å². The standard InChI is InChI=1S/Cl2O2S.2N3/c1-5(2,3)4;2*1-3-2/q;2*-1. The van der Waals surface area contributed by atoms with Crippen molar-refractivity contribution in [3.8, 4) is 0 Å². The molecule has 0 bridgehead atoms. The molecule has 0 spiro atoms. The Hall–Kier alpha value is -0.850. The van der Waals surface area contributed by atoms with Gasteiger partial charge in [-0.3, -0.25) is 9.82 Å². The summed E-state index contributed by atoms with van der Waals surface area (Å²) in [5.41, 5.74) is 27.0. The van der Waals surface area contributed by atoms with Crippen molar-refractivity contribution in [2.45, 2.75) is 0 Å². The van der Waals surface area contributed by atoms with E-state index in [-0.39, 0.29) is 0 Å². The average Bonchev–Trinajstić information content (AvgIpc) is 1.62. The second kappa shape index (κ2) is 11.9. The van der Waals surface area contributed by atoms with Gasteiger partial charge in [-0.05, 0) is 0 Å². The lowest BCUT2D eigenvalue weighted by Gasteiger charge is -1.61. The third-order valence-electron chi connectivity index (χ3n) is 0. The topological polar surface area (TPSA) is 152 Å². The molecule has 11 heteroatoms. The summed E-state index contributed by atoms with van der Waals surface area (Å²) in [5.74, 6) is 0. The van der Waals surface area contributed by atoms with Crippen LogP contribution in [0.5, 0.6) is 0 Å². The van der Waals surface area contributed by atoms with Gasteiger partial charge in [0.05, 0.1) is 0 Å². The summed E-state index contributed by atoms with van der Waals surface area (Å²) in [6.45, 7) is 0. The first-order valence-corrected chi connectivity index (χ1v) is 4.58. The maximum atomic E-state index is 9.16. The van der Waals surface area contributed by atoms with Crippen LogP contribution in [0.4, 0.5) is 0 Å². The summed E-state index contributed by atoms with van der Waals surface area (Å²) >= 11 is 0. The molecule has 0 aliphatic rings. The molecule has 0 radical (unpaired) electrons. The Bertz CT molecular complexity index is 209. The first-order chi connectivity index (χ1) is 4.83. The highest BCUT2D eigenvalue weighted by atomic mass is 36.0. The van der Waals surface area contributed by atoms with E-state index in [4.69, 9.17) is 30.5 Å². The zero-order valence-electron chi connectivity index (χ0n) is 4.66. The summed E-state index contributed by atoms with van der Waals surface area (Å²) in [6, 6.07) is 0. The summed E-state index contributed by atoms with van der Waals surface area (Å²) in [4.78, 5) is 3.00. The molecule has 0 heterocycles. The van der Waals surface area contributed by atoms with Crippen molar-refractivity contribution in [1.82, 2.24) is 0 Å². The summed E-state index contributed by atoms with van der Waals surface area (Å²) in [6.07, 6.45) is 0. The van der Waals surface area contributed by atoms with E-state index in [9.17, 15) is 0 Å². The first kappa shape index (κ1) is 16.6. The van der Waals surface area contributed by atoms with Crippen molar-refractivity contribution in [1.29, 1.82) is 0 Å². The smallest absolute Gasteiger partial charge is 0.317 e. The van der Waals surface area contributed by atoms with Gasteiger partial charge in [-0.25, -0.2) is 0 Å². The molecule has 0 saturated carbocycles. The number of hydrogen-bond acceptors (Lipinski definition) is 2. The molecule has 0 fully saturated rings. The molecular weight excluding hydrogens is 219 g/mol. The highest BCUT2D eigenvalue weighted by Crippen LogP contribution is 1.98. The maximum Gasteiger partial charge on any atom is 0.317 e. The molecule has 8 nitrogen and oxygen atoms in total. The Kier molecular flexibility index (Phi) is 18.0. The van der Waals surface area contributed by atoms with Gasteiger partial charge in [0.1, 0.15) is 0 Å². The monoisotopic (exact) mass is 218 g/mol. The molecular formula is Cl2N6O2S-2. The van der Waals surface area contributed by atoms with Crippen LogP contribution in [-0.4, -0.2) is 8.42 Å². The quantitative estimate of drug-likeness (QED) is 0.265. The number of rotatable bonds is 0. The highest BCUT2D eigenvalue weighted by Gasteiger charge is 1.88. The largest absolute Gasteiger partial charge is 0.373 e. The van der Waals surface area contributed by atoms with E-state index < -0.39 is 8.26 Å². The molecule has 0 rings (SSSR count). The summed E-state index contributed by atoms with van der Waals surface area (Å²) in [7, 11) is 4.81. The molecule has 0 saturated heterocycles. The van der Waals surface area contributed by atoms with E-state index in [1.807, 2.05) is 0 Å². The normalized spacial score (nSPS) is 6.73. The zero-order valence-corrected chi connectivity index (χ0v) is 6.99. The lowest BCUT2D eigenvalue weighted by Crippen LogP contribution is -1.63. The van der Waals surface area contributed by atoms with Gasteiger partial charge in [0, 0.05) is 21.4 Å². The SMILES string of the molecule is O=S(=O)(Cl)Cl.[N-]=[N+]=[N-].[N-]=[N+]=[N-]. The predicted molar refractivity (Wildman–Crippen MR) is 40.8 cm³/mol. The molecule has 0 aromatic carbocycles. The van der Waals surface area contributed by atoms with Crippen LogP contribution < -0.4 is 0 Å². The molecule has 0 unspecified atom stereocenters. The van der Waals surface area contributed by atoms with Crippen molar-refractivity contribution in [3.05, 3.63) is 31.9 Å². The predicted octanol–water partition coefficient (Wildman–Crippen LogP) is 2.44. The molecule has 11 heavy (non-hydrogen) atoms. The van der Waals surface area contributed by atoms with Crippen LogP contribution in [0.3, 0.4) is 0 Å². The maximum absolute atomic E-state index is 9.16. The fourth-order valence-corrected chi connectivity index (χ4v) is 0. The molecule has 0 N–H and O–H groups in total. The van der Waals surface area contributed by atoms with Crippen LogP contribution in [0.2, 0.25) is 0 Å². The number of halogens is 2. The van der Waals surface area contributed by atoms with E-state index in [1.54, 1.807) is 0 Å². The molecule has 0 aromatic rings. The minimum absolute atomic E-state index is 1.50. The van der Waals surface area contributed by atoms with Crippen LogP contribution in [0, 0.1) is 0 Å². The van der Waals surface area contributed by atoms with Crippen molar-refractivity contribution in [2.75, 3.05) is 0 Å². The number of nitrogens with zero attached hydrogens (tertiary/aromatic N) is 6. The molecule has 0 atom stereocenters. The fourth-order valence-electron chi connectivity index (χ4n) is 0. The third kappa shape index (κ3) is 647. The second-order valence-electron chi connectivity index (χ2n) is 0.557. The second-order valence-corrected chi connectivity index (χ2v) is 4.23. The van der Waals surface area contributed by atoms with Crippen LogP contribution in [-0.2, 0) is 8.26 Å². The van der Waals surface area contributed by atoms with Gasteiger partial charge in [-0.2, -0.15) is 8.42 Å².